The molecule has 1 aromatic rings. The number of aromatic carboxylic acids is 2. The van der Waals surface area contributed by atoms with E-state index >= 15 is 0 Å². The number of hydrogen-bond donors (Lipinski definition) is 3. The van der Waals surface area contributed by atoms with Crippen molar-refractivity contribution in [3.05, 3.63) is 22.5 Å². The highest BCUT2D eigenvalue weighted by Crippen LogP contribution is 2.42. The molecule has 15 heteroatoms. The second-order valence-electron chi connectivity index (χ2n) is 4.51. The third-order valence-electron chi connectivity index (χ3n) is 2.63. The van der Waals surface area contributed by atoms with Crippen molar-refractivity contribution in [1.82, 2.24) is 4.98 Å². The van der Waals surface area contributed by atoms with Gasteiger partial charge in [-0.3, -0.25) is 0 Å². The van der Waals surface area contributed by atoms with E-state index in [0.717, 1.165) is 5.32 Å². The molecule has 0 unspecified atom stereocenters. The number of halogens is 9. The van der Waals surface area contributed by atoms with Crippen LogP contribution < -0.4 is 5.32 Å². The smallest absolute Gasteiger partial charge is 0.434 e. The van der Waals surface area contributed by atoms with Crippen LogP contribution in [0, 0.1) is 0 Å². The maximum Gasteiger partial charge on any atom is 0.434 e. The summed E-state index contributed by atoms with van der Waals surface area (Å²) in [6.45, 7) is -2.22. The number of rotatable bonds is 5. The fraction of sp³-hybridized carbons (Fsp3) is 0.364. The van der Waals surface area contributed by atoms with Gasteiger partial charge in [-0.25, -0.2) is 14.6 Å². The summed E-state index contributed by atoms with van der Waals surface area (Å²) in [4.78, 5) is 24.5. The summed E-state index contributed by atoms with van der Waals surface area (Å²) in [6, 6.07) is 0. The zero-order valence-electron chi connectivity index (χ0n) is 11.8. The van der Waals surface area contributed by atoms with Gasteiger partial charge in [0.15, 0.2) is 5.69 Å². The zero-order valence-corrected chi connectivity index (χ0v) is 12.5. The average Bonchev–Trinajstić information content (AvgIpc) is 2.39. The lowest BCUT2D eigenvalue weighted by Crippen LogP contribution is -2.29. The first kappa shape index (κ1) is 21.7. The van der Waals surface area contributed by atoms with Crippen molar-refractivity contribution in [2.45, 2.75) is 17.7 Å². The van der Waals surface area contributed by atoms with Gasteiger partial charge in [0, 0.05) is 0 Å². The van der Waals surface area contributed by atoms with Crippen LogP contribution in [0.3, 0.4) is 0 Å². The maximum absolute atomic E-state index is 13.3. The van der Waals surface area contributed by atoms with E-state index in [1.54, 1.807) is 0 Å². The van der Waals surface area contributed by atoms with Crippen molar-refractivity contribution in [3.63, 3.8) is 0 Å². The highest BCUT2D eigenvalue weighted by molar-refractivity contribution is 6.22. The van der Waals surface area contributed by atoms with E-state index in [1.165, 1.54) is 0 Å². The van der Waals surface area contributed by atoms with Crippen LogP contribution in [0.1, 0.15) is 32.1 Å². The second kappa shape index (κ2) is 6.74. The van der Waals surface area contributed by atoms with Crippen molar-refractivity contribution in [1.29, 1.82) is 0 Å². The number of carbonyl (C=O) groups is 2. The number of nitrogens with zero attached hydrogens (tertiary/aromatic N) is 1. The molecule has 1 rings (SSSR count). The lowest BCUT2D eigenvalue weighted by atomic mass is 10.0. The summed E-state index contributed by atoms with van der Waals surface area (Å²) in [5.41, 5.74) is -10.7. The fourth-order valence-electron chi connectivity index (χ4n) is 1.78. The van der Waals surface area contributed by atoms with E-state index in [0.29, 0.717) is 0 Å². The maximum atomic E-state index is 13.3. The van der Waals surface area contributed by atoms with Crippen LogP contribution in [0.4, 0.5) is 40.8 Å². The minimum absolute atomic E-state index is 1.09. The van der Waals surface area contributed by atoms with Gasteiger partial charge in [-0.05, 0) is 11.6 Å². The molecule has 0 bridgehead atoms. The van der Waals surface area contributed by atoms with Gasteiger partial charge >= 0.3 is 29.7 Å². The van der Waals surface area contributed by atoms with Gasteiger partial charge in [-0.15, -0.1) is 0 Å². The highest BCUT2D eigenvalue weighted by Gasteiger charge is 2.46. The van der Waals surface area contributed by atoms with Crippen LogP contribution >= 0.6 is 11.6 Å². The van der Waals surface area contributed by atoms with Gasteiger partial charge < -0.3 is 15.5 Å². The Morgan fingerprint density at radius 3 is 1.65 bits per heavy atom. The molecule has 0 spiro atoms. The number of nitrogens with one attached hydrogen (secondary N) is 1. The minimum Gasteiger partial charge on any atom is -0.478 e. The molecule has 6 nitrogen and oxygen atoms in total. The SMILES string of the molecule is O=C(O)c1c(C(F)(F)F)nc(C(F)(F)Cl)c(C(=O)O)c1NCC(F)(F)F. The molecular formula is C11H5ClF8N2O4. The van der Waals surface area contributed by atoms with Crippen LogP contribution in [-0.4, -0.2) is 39.9 Å². The van der Waals surface area contributed by atoms with Crippen molar-refractivity contribution in [3.8, 4) is 0 Å². The summed E-state index contributed by atoms with van der Waals surface area (Å²) in [6.07, 6.45) is -10.9. The Morgan fingerprint density at radius 1 is 0.923 bits per heavy atom. The molecule has 26 heavy (non-hydrogen) atoms. The summed E-state index contributed by atoms with van der Waals surface area (Å²) >= 11 is 4.50. The lowest BCUT2D eigenvalue weighted by molar-refractivity contribution is -0.142. The quantitative estimate of drug-likeness (QED) is 0.499. The first-order valence-electron chi connectivity index (χ1n) is 5.96. The number of carboxylic acids is 2. The molecule has 0 aliphatic carbocycles. The number of alkyl halides is 9. The largest absolute Gasteiger partial charge is 0.478 e. The molecule has 1 aromatic heterocycles. The minimum atomic E-state index is -5.73. The third kappa shape index (κ3) is 4.83. The Morgan fingerprint density at radius 2 is 1.35 bits per heavy atom. The van der Waals surface area contributed by atoms with Crippen LogP contribution in [0.2, 0.25) is 0 Å². The fourth-order valence-corrected chi connectivity index (χ4v) is 1.91. The average molecular weight is 417 g/mol. The van der Waals surface area contributed by atoms with Gasteiger partial charge in [0.05, 0.1) is 5.69 Å². The van der Waals surface area contributed by atoms with Crippen LogP contribution in [0.5, 0.6) is 0 Å². The number of aromatic nitrogens is 1. The topological polar surface area (TPSA) is 99.5 Å². The first-order valence-corrected chi connectivity index (χ1v) is 6.34. The van der Waals surface area contributed by atoms with Crippen molar-refractivity contribution >= 4 is 29.2 Å². The van der Waals surface area contributed by atoms with Gasteiger partial charge in [-0.1, -0.05) is 0 Å². The van der Waals surface area contributed by atoms with E-state index in [4.69, 9.17) is 10.2 Å². The van der Waals surface area contributed by atoms with Crippen molar-refractivity contribution < 1.29 is 54.9 Å². The molecule has 0 aromatic carbocycles. The predicted molar refractivity (Wildman–Crippen MR) is 67.4 cm³/mol. The second-order valence-corrected chi connectivity index (χ2v) is 4.98. The van der Waals surface area contributed by atoms with Crippen LogP contribution in [-0.2, 0) is 11.6 Å². The van der Waals surface area contributed by atoms with E-state index in [2.05, 4.69) is 16.6 Å². The molecule has 1 heterocycles. The summed E-state index contributed by atoms with van der Waals surface area (Å²) in [5.74, 6) is -5.03. The number of anilines is 1. The Balaban J connectivity index is 4.00. The zero-order chi connectivity index (χ0) is 20.7. The summed E-state index contributed by atoms with van der Waals surface area (Å²) < 4.78 is 102. The van der Waals surface area contributed by atoms with Gasteiger partial charge in [0.25, 0.3) is 0 Å². The molecule has 0 amide bonds. The van der Waals surface area contributed by atoms with Crippen LogP contribution in [0.25, 0.3) is 0 Å². The number of hydrogen-bond acceptors (Lipinski definition) is 4. The van der Waals surface area contributed by atoms with E-state index in [-0.39, 0.29) is 0 Å². The number of pyridine rings is 1. The molecule has 0 aliphatic heterocycles. The lowest BCUT2D eigenvalue weighted by Gasteiger charge is -2.21. The summed E-state index contributed by atoms with van der Waals surface area (Å²) in [7, 11) is 0. The number of carboxylic acid groups (broad SMARTS) is 2. The molecule has 0 saturated carbocycles. The van der Waals surface area contributed by atoms with Gasteiger partial charge in [-0.2, -0.15) is 35.1 Å². The molecule has 0 radical (unpaired) electrons. The summed E-state index contributed by atoms with van der Waals surface area (Å²) in [5, 5.41) is 14.0. The van der Waals surface area contributed by atoms with E-state index in [1.807, 2.05) is 0 Å². The van der Waals surface area contributed by atoms with Crippen molar-refractivity contribution in [2.24, 2.45) is 0 Å². The highest BCUT2D eigenvalue weighted by atomic mass is 35.5. The molecule has 0 aliphatic rings. The molecule has 0 fully saturated rings. The normalized spacial score (nSPS) is 12.8. The first-order chi connectivity index (χ1) is 11.5. The van der Waals surface area contributed by atoms with Crippen molar-refractivity contribution in [2.75, 3.05) is 11.9 Å². The molecular weight excluding hydrogens is 412 g/mol. The van der Waals surface area contributed by atoms with E-state index < -0.39 is 64.4 Å². The Hall–Kier alpha value is -2.38. The standard InChI is InChI=1S/C11H5ClF8N2O4/c12-10(16,17)5-2(7(23)24)4(21-1-9(13,14)15)3(8(25)26)6(22-5)11(18,19)20/h1H2,(H,21,22)(H,23,24)(H,25,26). The van der Waals surface area contributed by atoms with Crippen LogP contribution in [0.15, 0.2) is 0 Å². The van der Waals surface area contributed by atoms with Gasteiger partial charge in [0.1, 0.15) is 23.4 Å². The molecule has 0 saturated heterocycles. The molecule has 0 atom stereocenters. The predicted octanol–water partition coefficient (Wildman–Crippen LogP) is 3.76. The Bertz CT molecular complexity index is 691. The van der Waals surface area contributed by atoms with Gasteiger partial charge in [0.2, 0.25) is 0 Å². The van der Waals surface area contributed by atoms with E-state index in [9.17, 15) is 44.7 Å². The Kier molecular flexibility index (Phi) is 5.61. The monoisotopic (exact) mass is 416 g/mol. The third-order valence-corrected chi connectivity index (χ3v) is 2.81. The molecule has 3 N–H and O–H groups in total. The Labute approximate surface area is 142 Å². The molecule has 146 valence electrons.